The zero-order valence-corrected chi connectivity index (χ0v) is 11.5. The van der Waals surface area contributed by atoms with Crippen molar-refractivity contribution in [2.75, 3.05) is 18.6 Å². The standard InChI is InChI=1S/C13H17N3O4/c1-13(12(18)19)7-3-4-8-16(13)10-6-5-9(14-15-10)11(17)20-2/h5-6H,3-4,7-8H2,1-2H3,(H,18,19). The molecular weight excluding hydrogens is 262 g/mol. The molecule has 0 bridgehead atoms. The van der Waals surface area contributed by atoms with E-state index in [4.69, 9.17) is 0 Å². The van der Waals surface area contributed by atoms with E-state index < -0.39 is 17.5 Å². The van der Waals surface area contributed by atoms with Gasteiger partial charge in [-0.25, -0.2) is 9.59 Å². The Bertz CT molecular complexity index is 517. The van der Waals surface area contributed by atoms with Crippen LogP contribution in [0.4, 0.5) is 5.82 Å². The number of carboxylic acids is 1. The van der Waals surface area contributed by atoms with Crippen molar-refractivity contribution in [1.82, 2.24) is 10.2 Å². The summed E-state index contributed by atoms with van der Waals surface area (Å²) in [5.41, 5.74) is -0.884. The molecule has 1 unspecified atom stereocenters. The lowest BCUT2D eigenvalue weighted by molar-refractivity contribution is -0.143. The minimum absolute atomic E-state index is 0.102. The molecule has 2 heterocycles. The van der Waals surface area contributed by atoms with E-state index >= 15 is 0 Å². The van der Waals surface area contributed by atoms with Crippen LogP contribution in [0.5, 0.6) is 0 Å². The molecule has 0 saturated carbocycles. The molecule has 7 heteroatoms. The summed E-state index contributed by atoms with van der Waals surface area (Å²) in [6.45, 7) is 2.29. The van der Waals surface area contributed by atoms with Crippen LogP contribution in [0.3, 0.4) is 0 Å². The van der Waals surface area contributed by atoms with Crippen LogP contribution in [0.25, 0.3) is 0 Å². The zero-order valence-electron chi connectivity index (χ0n) is 11.5. The number of methoxy groups -OCH3 is 1. The number of hydrogen-bond acceptors (Lipinski definition) is 6. The highest BCUT2D eigenvalue weighted by Crippen LogP contribution is 2.31. The van der Waals surface area contributed by atoms with E-state index in [-0.39, 0.29) is 5.69 Å². The fourth-order valence-corrected chi connectivity index (χ4v) is 2.39. The van der Waals surface area contributed by atoms with Gasteiger partial charge in [0.15, 0.2) is 11.5 Å². The van der Waals surface area contributed by atoms with E-state index in [0.29, 0.717) is 18.8 Å². The monoisotopic (exact) mass is 279 g/mol. The van der Waals surface area contributed by atoms with Gasteiger partial charge >= 0.3 is 11.9 Å². The van der Waals surface area contributed by atoms with Crippen molar-refractivity contribution in [3.05, 3.63) is 17.8 Å². The molecule has 1 N–H and O–H groups in total. The Labute approximate surface area is 116 Å². The van der Waals surface area contributed by atoms with Gasteiger partial charge < -0.3 is 14.7 Å². The maximum Gasteiger partial charge on any atom is 0.358 e. The molecule has 108 valence electrons. The first-order valence-corrected chi connectivity index (χ1v) is 6.42. The normalized spacial score (nSPS) is 22.4. The molecule has 1 aromatic rings. The van der Waals surface area contributed by atoms with Gasteiger partial charge in [0.05, 0.1) is 7.11 Å². The first-order chi connectivity index (χ1) is 9.49. The van der Waals surface area contributed by atoms with E-state index in [2.05, 4.69) is 14.9 Å². The fraction of sp³-hybridized carbons (Fsp3) is 0.538. The van der Waals surface area contributed by atoms with Gasteiger partial charge in [-0.3, -0.25) is 0 Å². The summed E-state index contributed by atoms with van der Waals surface area (Å²) in [5.74, 6) is -0.984. The number of nitrogens with zero attached hydrogens (tertiary/aromatic N) is 3. The minimum Gasteiger partial charge on any atom is -0.480 e. The van der Waals surface area contributed by atoms with Crippen LogP contribution < -0.4 is 4.90 Å². The highest BCUT2D eigenvalue weighted by Gasteiger charge is 2.42. The lowest BCUT2D eigenvalue weighted by Crippen LogP contribution is -2.55. The number of esters is 1. The third-order valence-electron chi connectivity index (χ3n) is 3.67. The Balaban J connectivity index is 2.29. The summed E-state index contributed by atoms with van der Waals surface area (Å²) in [6, 6.07) is 3.09. The molecule has 0 radical (unpaired) electrons. The molecule has 1 fully saturated rings. The molecule has 0 amide bonds. The number of carbonyl (C=O) groups excluding carboxylic acids is 1. The molecule has 7 nitrogen and oxygen atoms in total. The van der Waals surface area contributed by atoms with Crippen LogP contribution in [-0.4, -0.2) is 46.4 Å². The van der Waals surface area contributed by atoms with Gasteiger partial charge in [0.25, 0.3) is 0 Å². The Hall–Kier alpha value is -2.18. The summed E-state index contributed by atoms with van der Waals surface area (Å²) >= 11 is 0. The van der Waals surface area contributed by atoms with Crippen LogP contribution in [0.1, 0.15) is 36.7 Å². The Morgan fingerprint density at radius 2 is 2.10 bits per heavy atom. The molecule has 1 aromatic heterocycles. The van der Waals surface area contributed by atoms with Crippen molar-refractivity contribution in [2.24, 2.45) is 0 Å². The average Bonchev–Trinajstić information content (AvgIpc) is 2.47. The van der Waals surface area contributed by atoms with Gasteiger partial charge in [0.2, 0.25) is 0 Å². The van der Waals surface area contributed by atoms with Crippen molar-refractivity contribution in [3.8, 4) is 0 Å². The summed E-state index contributed by atoms with van der Waals surface area (Å²) in [7, 11) is 1.27. The van der Waals surface area contributed by atoms with E-state index in [1.54, 1.807) is 17.9 Å². The molecule has 0 aliphatic carbocycles. The number of aliphatic carboxylic acids is 1. The molecule has 0 spiro atoms. The maximum absolute atomic E-state index is 11.5. The Morgan fingerprint density at radius 1 is 1.35 bits per heavy atom. The van der Waals surface area contributed by atoms with E-state index in [1.807, 2.05) is 0 Å². The highest BCUT2D eigenvalue weighted by molar-refractivity contribution is 5.87. The van der Waals surface area contributed by atoms with Crippen LogP contribution in [0.2, 0.25) is 0 Å². The number of aromatic nitrogens is 2. The highest BCUT2D eigenvalue weighted by atomic mass is 16.5. The zero-order chi connectivity index (χ0) is 14.8. The summed E-state index contributed by atoms with van der Waals surface area (Å²) in [6.07, 6.45) is 2.33. The summed E-state index contributed by atoms with van der Waals surface area (Å²) < 4.78 is 4.55. The second-order valence-corrected chi connectivity index (χ2v) is 4.96. The third-order valence-corrected chi connectivity index (χ3v) is 3.67. The quantitative estimate of drug-likeness (QED) is 0.828. The minimum atomic E-state index is -0.986. The second kappa shape index (κ2) is 5.44. The molecule has 2 rings (SSSR count). The largest absolute Gasteiger partial charge is 0.480 e. The van der Waals surface area contributed by atoms with Crippen LogP contribution >= 0.6 is 0 Å². The second-order valence-electron chi connectivity index (χ2n) is 4.96. The average molecular weight is 279 g/mol. The van der Waals surface area contributed by atoms with Crippen molar-refractivity contribution in [2.45, 2.75) is 31.7 Å². The molecular formula is C13H17N3O4. The van der Waals surface area contributed by atoms with Gasteiger partial charge in [0, 0.05) is 6.54 Å². The van der Waals surface area contributed by atoms with Crippen LogP contribution in [0, 0.1) is 0 Å². The number of anilines is 1. The number of rotatable bonds is 3. The molecule has 1 aliphatic heterocycles. The van der Waals surface area contributed by atoms with Gasteiger partial charge in [-0.05, 0) is 38.3 Å². The van der Waals surface area contributed by atoms with Gasteiger partial charge in [0.1, 0.15) is 5.54 Å². The van der Waals surface area contributed by atoms with Crippen molar-refractivity contribution >= 4 is 17.8 Å². The van der Waals surface area contributed by atoms with Crippen LogP contribution in [-0.2, 0) is 9.53 Å². The third kappa shape index (κ3) is 2.43. The van der Waals surface area contributed by atoms with E-state index in [1.165, 1.54) is 13.2 Å². The number of ether oxygens (including phenoxy) is 1. The van der Waals surface area contributed by atoms with E-state index in [9.17, 15) is 14.7 Å². The molecule has 1 atom stereocenters. The topological polar surface area (TPSA) is 92.6 Å². The van der Waals surface area contributed by atoms with Crippen LogP contribution in [0.15, 0.2) is 12.1 Å². The summed E-state index contributed by atoms with van der Waals surface area (Å²) in [4.78, 5) is 24.6. The molecule has 0 aromatic carbocycles. The Morgan fingerprint density at radius 3 is 2.65 bits per heavy atom. The maximum atomic E-state index is 11.5. The van der Waals surface area contributed by atoms with Gasteiger partial charge in [-0.15, -0.1) is 10.2 Å². The van der Waals surface area contributed by atoms with Crippen molar-refractivity contribution in [1.29, 1.82) is 0 Å². The number of hydrogen-bond donors (Lipinski definition) is 1. The lowest BCUT2D eigenvalue weighted by atomic mass is 9.88. The Kier molecular flexibility index (Phi) is 3.87. The predicted molar refractivity (Wildman–Crippen MR) is 70.6 cm³/mol. The number of piperidine rings is 1. The SMILES string of the molecule is COC(=O)c1ccc(N2CCCCC2(C)C(=O)O)nn1. The van der Waals surface area contributed by atoms with Crippen molar-refractivity contribution in [3.63, 3.8) is 0 Å². The first kappa shape index (κ1) is 14.2. The molecule has 1 saturated heterocycles. The van der Waals surface area contributed by atoms with Gasteiger partial charge in [-0.2, -0.15) is 0 Å². The first-order valence-electron chi connectivity index (χ1n) is 6.42. The van der Waals surface area contributed by atoms with Gasteiger partial charge in [-0.1, -0.05) is 0 Å². The fourth-order valence-electron chi connectivity index (χ4n) is 2.39. The lowest BCUT2D eigenvalue weighted by Gasteiger charge is -2.42. The molecule has 20 heavy (non-hydrogen) atoms. The smallest absolute Gasteiger partial charge is 0.358 e. The molecule has 1 aliphatic rings. The summed E-state index contributed by atoms with van der Waals surface area (Å²) in [5, 5.41) is 17.2. The predicted octanol–water partition coefficient (Wildman–Crippen LogP) is 1.10. The van der Waals surface area contributed by atoms with E-state index in [0.717, 1.165) is 12.8 Å². The number of carboxylic acid groups (broad SMARTS) is 1. The number of carbonyl (C=O) groups is 2. The van der Waals surface area contributed by atoms with Crippen molar-refractivity contribution < 1.29 is 19.4 Å².